The van der Waals surface area contributed by atoms with Crippen LogP contribution in [0.2, 0.25) is 0 Å². The first-order valence-electron chi connectivity index (χ1n) is 9.82. The second kappa shape index (κ2) is 9.11. The van der Waals surface area contributed by atoms with Gasteiger partial charge >= 0.3 is 12.1 Å². The lowest BCUT2D eigenvalue weighted by molar-refractivity contribution is -0.148. The van der Waals surface area contributed by atoms with Crippen molar-refractivity contribution in [3.05, 3.63) is 24.0 Å². The molecule has 2 aliphatic heterocycles. The normalized spacial score (nSPS) is 19.8. The number of carbonyl (C=O) groups excluding carboxylic acids is 3. The summed E-state index contributed by atoms with van der Waals surface area (Å²) in [6.07, 6.45) is 0.186. The van der Waals surface area contributed by atoms with Crippen molar-refractivity contribution in [2.75, 3.05) is 42.6 Å². The molecule has 3 rings (SSSR count). The van der Waals surface area contributed by atoms with Crippen LogP contribution in [0.1, 0.15) is 26.7 Å². The molecule has 2 saturated heterocycles. The van der Waals surface area contributed by atoms with Gasteiger partial charge in [0.15, 0.2) is 0 Å². The molecule has 1 N–H and O–H groups in total. The molecular weight excluding hydrogens is 381 g/mol. The van der Waals surface area contributed by atoms with Crippen LogP contribution in [0.4, 0.5) is 20.6 Å². The van der Waals surface area contributed by atoms with Gasteiger partial charge < -0.3 is 19.7 Å². The van der Waals surface area contributed by atoms with E-state index in [4.69, 9.17) is 9.47 Å². The third-order valence-corrected chi connectivity index (χ3v) is 5.15. The van der Waals surface area contributed by atoms with Crippen LogP contribution in [-0.2, 0) is 19.1 Å². The minimum absolute atomic E-state index is 0.145. The van der Waals surface area contributed by atoms with Gasteiger partial charge in [-0.2, -0.15) is 0 Å². The lowest BCUT2D eigenvalue weighted by Crippen LogP contribution is -2.37. The molecule has 1 aromatic rings. The first-order chi connectivity index (χ1) is 13.9. The van der Waals surface area contributed by atoms with Gasteiger partial charge in [-0.3, -0.25) is 14.5 Å². The summed E-state index contributed by atoms with van der Waals surface area (Å²) in [6.45, 7) is 5.10. The van der Waals surface area contributed by atoms with Gasteiger partial charge in [0.1, 0.15) is 11.9 Å². The van der Waals surface area contributed by atoms with E-state index in [1.807, 2.05) is 4.90 Å². The molecule has 1 aromatic carbocycles. The van der Waals surface area contributed by atoms with E-state index in [0.717, 1.165) is 0 Å². The van der Waals surface area contributed by atoms with Crippen molar-refractivity contribution in [3.8, 4) is 0 Å². The van der Waals surface area contributed by atoms with E-state index in [1.54, 1.807) is 19.1 Å². The lowest BCUT2D eigenvalue weighted by atomic mass is 9.96. The van der Waals surface area contributed by atoms with E-state index >= 15 is 0 Å². The van der Waals surface area contributed by atoms with Crippen LogP contribution in [0.5, 0.6) is 0 Å². The van der Waals surface area contributed by atoms with Crippen LogP contribution >= 0.6 is 0 Å². The minimum Gasteiger partial charge on any atom is -0.466 e. The second-order valence-electron chi connectivity index (χ2n) is 7.20. The molecule has 29 heavy (non-hydrogen) atoms. The van der Waals surface area contributed by atoms with Crippen molar-refractivity contribution in [1.29, 1.82) is 0 Å². The molecule has 2 fully saturated rings. The molecule has 0 radical (unpaired) electrons. The average Bonchev–Trinajstić information content (AvgIpc) is 3.07. The summed E-state index contributed by atoms with van der Waals surface area (Å²) in [4.78, 5) is 38.2. The van der Waals surface area contributed by atoms with Crippen LogP contribution in [-0.4, -0.2) is 56.9 Å². The SMILES string of the molecule is CCOC(=O)C1CCN(c2ccc(N3CC(CNC(C)=O)OC3=O)cc2F)CC1. The fourth-order valence-electron chi connectivity index (χ4n) is 3.63. The number of piperidine rings is 1. The van der Waals surface area contributed by atoms with Gasteiger partial charge in [0.2, 0.25) is 5.91 Å². The van der Waals surface area contributed by atoms with E-state index < -0.39 is 18.0 Å². The zero-order valence-corrected chi connectivity index (χ0v) is 16.7. The summed E-state index contributed by atoms with van der Waals surface area (Å²) >= 11 is 0. The Bertz CT molecular complexity index is 779. The fraction of sp³-hybridized carbons (Fsp3) is 0.550. The number of hydrogen-bond acceptors (Lipinski definition) is 6. The maximum atomic E-state index is 14.8. The summed E-state index contributed by atoms with van der Waals surface area (Å²) < 4.78 is 25.1. The fourth-order valence-corrected chi connectivity index (χ4v) is 3.63. The summed E-state index contributed by atoms with van der Waals surface area (Å²) in [5, 5.41) is 2.61. The van der Waals surface area contributed by atoms with Crippen LogP contribution in [0.3, 0.4) is 0 Å². The van der Waals surface area contributed by atoms with Gasteiger partial charge in [0, 0.05) is 20.0 Å². The Labute approximate surface area is 168 Å². The molecule has 0 bridgehead atoms. The number of nitrogens with one attached hydrogen (secondary N) is 1. The summed E-state index contributed by atoms with van der Waals surface area (Å²) in [5.41, 5.74) is 0.849. The van der Waals surface area contributed by atoms with E-state index in [1.165, 1.54) is 17.9 Å². The number of ether oxygens (including phenoxy) is 2. The largest absolute Gasteiger partial charge is 0.466 e. The predicted octanol–water partition coefficient (Wildman–Crippen LogP) is 2.07. The number of halogens is 1. The molecule has 1 atom stereocenters. The quantitative estimate of drug-likeness (QED) is 0.727. The van der Waals surface area contributed by atoms with Gasteiger partial charge in [0.05, 0.1) is 37.0 Å². The van der Waals surface area contributed by atoms with E-state index in [2.05, 4.69) is 5.32 Å². The first kappa shape index (κ1) is 20.9. The molecule has 0 spiro atoms. The Hall–Kier alpha value is -2.84. The van der Waals surface area contributed by atoms with Crippen molar-refractivity contribution in [3.63, 3.8) is 0 Å². The molecule has 2 aliphatic rings. The Morgan fingerprint density at radius 2 is 2.03 bits per heavy atom. The van der Waals surface area contributed by atoms with Gasteiger partial charge in [-0.15, -0.1) is 0 Å². The number of rotatable bonds is 6. The number of anilines is 2. The van der Waals surface area contributed by atoms with Gasteiger partial charge in [-0.25, -0.2) is 9.18 Å². The molecular formula is C20H26FN3O5. The van der Waals surface area contributed by atoms with Crippen molar-refractivity contribution in [1.82, 2.24) is 5.32 Å². The maximum Gasteiger partial charge on any atom is 0.414 e. The number of carbonyl (C=O) groups is 3. The molecule has 2 amide bonds. The van der Waals surface area contributed by atoms with Crippen molar-refractivity contribution in [2.45, 2.75) is 32.8 Å². The van der Waals surface area contributed by atoms with Crippen molar-refractivity contribution < 1.29 is 28.2 Å². The molecule has 2 heterocycles. The highest BCUT2D eigenvalue weighted by molar-refractivity contribution is 5.90. The lowest BCUT2D eigenvalue weighted by Gasteiger charge is -2.33. The third kappa shape index (κ3) is 4.96. The topological polar surface area (TPSA) is 88.2 Å². The van der Waals surface area contributed by atoms with Gasteiger partial charge in [0.25, 0.3) is 0 Å². The number of nitrogens with zero attached hydrogens (tertiary/aromatic N) is 2. The maximum absolute atomic E-state index is 14.8. The minimum atomic E-state index is -0.567. The summed E-state index contributed by atoms with van der Waals surface area (Å²) in [6, 6.07) is 4.64. The zero-order valence-electron chi connectivity index (χ0n) is 16.7. The number of cyclic esters (lactones) is 1. The van der Waals surface area contributed by atoms with E-state index in [9.17, 15) is 18.8 Å². The van der Waals surface area contributed by atoms with Gasteiger partial charge in [-0.1, -0.05) is 0 Å². The molecule has 9 heteroatoms. The average molecular weight is 407 g/mol. The Balaban J connectivity index is 1.62. The number of hydrogen-bond donors (Lipinski definition) is 1. The van der Waals surface area contributed by atoms with Crippen LogP contribution in [0.15, 0.2) is 18.2 Å². The molecule has 0 aromatic heterocycles. The molecule has 0 saturated carbocycles. The highest BCUT2D eigenvalue weighted by Crippen LogP contribution is 2.30. The van der Waals surface area contributed by atoms with E-state index in [-0.39, 0.29) is 30.9 Å². The first-order valence-corrected chi connectivity index (χ1v) is 9.82. The number of benzene rings is 1. The Morgan fingerprint density at radius 3 is 2.66 bits per heavy atom. The van der Waals surface area contributed by atoms with Gasteiger partial charge in [-0.05, 0) is 38.0 Å². The predicted molar refractivity (Wildman–Crippen MR) is 104 cm³/mol. The Morgan fingerprint density at radius 1 is 1.31 bits per heavy atom. The highest BCUT2D eigenvalue weighted by Gasteiger charge is 2.33. The van der Waals surface area contributed by atoms with Crippen LogP contribution < -0.4 is 15.1 Å². The van der Waals surface area contributed by atoms with Crippen LogP contribution in [0, 0.1) is 11.7 Å². The standard InChI is InChI=1S/C20H26FN3O5/c1-3-28-19(26)14-6-8-23(9-7-14)18-5-4-15(10-17(18)21)24-12-16(29-20(24)27)11-22-13(2)25/h4-5,10,14,16H,3,6-9,11-12H2,1-2H3,(H,22,25). The molecule has 158 valence electrons. The van der Waals surface area contributed by atoms with Crippen molar-refractivity contribution >= 4 is 29.3 Å². The molecule has 8 nitrogen and oxygen atoms in total. The second-order valence-corrected chi connectivity index (χ2v) is 7.20. The van der Waals surface area contributed by atoms with E-state index in [0.29, 0.717) is 43.9 Å². The molecule has 0 aliphatic carbocycles. The summed E-state index contributed by atoms with van der Waals surface area (Å²) in [5.74, 6) is -0.977. The molecule has 1 unspecified atom stereocenters. The Kier molecular flexibility index (Phi) is 6.56. The smallest absolute Gasteiger partial charge is 0.414 e. The monoisotopic (exact) mass is 407 g/mol. The third-order valence-electron chi connectivity index (χ3n) is 5.15. The highest BCUT2D eigenvalue weighted by atomic mass is 19.1. The summed E-state index contributed by atoms with van der Waals surface area (Å²) in [7, 11) is 0. The number of esters is 1. The zero-order chi connectivity index (χ0) is 21.0. The van der Waals surface area contributed by atoms with Crippen LogP contribution in [0.25, 0.3) is 0 Å². The number of amides is 2. The van der Waals surface area contributed by atoms with Crippen molar-refractivity contribution in [2.24, 2.45) is 5.92 Å².